The van der Waals surface area contributed by atoms with Gasteiger partial charge in [0.15, 0.2) is 6.10 Å². The van der Waals surface area contributed by atoms with Crippen LogP contribution in [0.4, 0.5) is 0 Å². The number of hydrogen-bond donors (Lipinski definition) is 3. The van der Waals surface area contributed by atoms with Crippen LogP contribution in [0.1, 0.15) is 67.2 Å². The standard InChI is InChI=1S/C24H36O7/c1-12-16-10-24(22(5,6)29)11-18(28)13(2)19(24)20(30-14(3)25)21(31-15(4)26)23(16,7)9-8-17(12)27/h16-18,20-21,27-29H,1,8-11H2,2-7H3. The van der Waals surface area contributed by atoms with Gasteiger partial charge in [0.2, 0.25) is 0 Å². The van der Waals surface area contributed by atoms with Gasteiger partial charge in [-0.15, -0.1) is 0 Å². The lowest BCUT2D eigenvalue weighted by molar-refractivity contribution is -0.177. The minimum Gasteiger partial charge on any atom is -0.458 e. The molecule has 7 unspecified atom stereocenters. The van der Waals surface area contributed by atoms with Crippen molar-refractivity contribution in [1.29, 1.82) is 0 Å². The molecule has 3 N–H and O–H groups in total. The van der Waals surface area contributed by atoms with Crippen molar-refractivity contribution in [2.45, 2.75) is 97.2 Å². The molecule has 0 aromatic carbocycles. The van der Waals surface area contributed by atoms with Crippen molar-refractivity contribution in [1.82, 2.24) is 0 Å². The van der Waals surface area contributed by atoms with E-state index in [0.29, 0.717) is 36.0 Å². The molecule has 7 atom stereocenters. The number of aliphatic hydroxyl groups excluding tert-OH is 2. The molecule has 0 amide bonds. The van der Waals surface area contributed by atoms with Gasteiger partial charge in [0.25, 0.3) is 0 Å². The highest BCUT2D eigenvalue weighted by atomic mass is 16.6. The average molecular weight is 437 g/mol. The smallest absolute Gasteiger partial charge is 0.303 e. The summed E-state index contributed by atoms with van der Waals surface area (Å²) in [5.41, 5.74) is -1.05. The Bertz CT molecular complexity index is 822. The van der Waals surface area contributed by atoms with Gasteiger partial charge in [0.05, 0.1) is 17.8 Å². The number of carbonyl (C=O) groups excluding carboxylic acids is 2. The van der Waals surface area contributed by atoms with Crippen molar-refractivity contribution >= 4 is 11.9 Å². The first kappa shape index (κ1) is 24.0. The maximum absolute atomic E-state index is 12.2. The molecular weight excluding hydrogens is 400 g/mol. The van der Waals surface area contributed by atoms with Gasteiger partial charge in [-0.05, 0) is 69.1 Å². The molecule has 3 aliphatic rings. The number of carbonyl (C=O) groups is 2. The first-order chi connectivity index (χ1) is 14.2. The van der Waals surface area contributed by atoms with Crippen LogP contribution in [0.15, 0.2) is 23.3 Å². The monoisotopic (exact) mass is 436 g/mol. The van der Waals surface area contributed by atoms with E-state index in [1.54, 1.807) is 20.8 Å². The Morgan fingerprint density at radius 3 is 2.19 bits per heavy atom. The Kier molecular flexibility index (Phi) is 5.96. The Labute approximate surface area is 184 Å². The lowest BCUT2D eigenvalue weighted by atomic mass is 9.57. The lowest BCUT2D eigenvalue weighted by Crippen LogP contribution is -2.52. The molecule has 0 aliphatic heterocycles. The molecule has 3 aliphatic carbocycles. The van der Waals surface area contributed by atoms with Gasteiger partial charge in [-0.2, -0.15) is 0 Å². The number of rotatable bonds is 3. The highest BCUT2D eigenvalue weighted by Gasteiger charge is 2.65. The minimum absolute atomic E-state index is 0.248. The second kappa shape index (κ2) is 7.71. The van der Waals surface area contributed by atoms with Crippen molar-refractivity contribution in [3.05, 3.63) is 23.3 Å². The predicted molar refractivity (Wildman–Crippen MR) is 114 cm³/mol. The van der Waals surface area contributed by atoms with Crippen LogP contribution < -0.4 is 0 Å². The Morgan fingerprint density at radius 2 is 1.68 bits per heavy atom. The first-order valence-corrected chi connectivity index (χ1v) is 11.0. The summed E-state index contributed by atoms with van der Waals surface area (Å²) in [6, 6.07) is 0. The molecule has 0 radical (unpaired) electrons. The van der Waals surface area contributed by atoms with E-state index in [9.17, 15) is 24.9 Å². The van der Waals surface area contributed by atoms with E-state index in [1.165, 1.54) is 13.8 Å². The fraction of sp³-hybridized carbons (Fsp3) is 0.750. The molecule has 0 saturated heterocycles. The molecule has 2 fully saturated rings. The molecule has 0 bridgehead atoms. The largest absolute Gasteiger partial charge is 0.458 e. The SMILES string of the molecule is C=C1C(O)CCC2(C)C1CC1(C(C)(C)O)CC(O)C(C)=C1C(OC(C)=O)C2OC(C)=O. The third-order valence-electron chi connectivity index (χ3n) is 8.13. The van der Waals surface area contributed by atoms with Gasteiger partial charge in [-0.1, -0.05) is 13.5 Å². The zero-order valence-corrected chi connectivity index (χ0v) is 19.4. The highest BCUT2D eigenvalue weighted by Crippen LogP contribution is 2.64. The van der Waals surface area contributed by atoms with Gasteiger partial charge in [0, 0.05) is 24.7 Å². The fourth-order valence-corrected chi connectivity index (χ4v) is 6.36. The van der Waals surface area contributed by atoms with Crippen molar-refractivity contribution < 1.29 is 34.4 Å². The maximum Gasteiger partial charge on any atom is 0.303 e. The van der Waals surface area contributed by atoms with Crippen LogP contribution in [-0.2, 0) is 19.1 Å². The van der Waals surface area contributed by atoms with Crippen LogP contribution in [0.25, 0.3) is 0 Å². The molecule has 0 aromatic heterocycles. The Morgan fingerprint density at radius 1 is 1.10 bits per heavy atom. The average Bonchev–Trinajstić information content (AvgIpc) is 2.84. The number of hydrogen-bond acceptors (Lipinski definition) is 7. The van der Waals surface area contributed by atoms with Gasteiger partial charge in [-0.3, -0.25) is 9.59 Å². The van der Waals surface area contributed by atoms with E-state index >= 15 is 0 Å². The quantitative estimate of drug-likeness (QED) is 0.460. The second-order valence-electron chi connectivity index (χ2n) is 10.4. The molecule has 7 nitrogen and oxygen atoms in total. The van der Waals surface area contributed by atoms with Crippen molar-refractivity contribution in [3.63, 3.8) is 0 Å². The number of aliphatic hydroxyl groups is 3. The zero-order valence-electron chi connectivity index (χ0n) is 19.4. The van der Waals surface area contributed by atoms with Crippen molar-refractivity contribution in [2.75, 3.05) is 0 Å². The summed E-state index contributed by atoms with van der Waals surface area (Å²) in [5.74, 6) is -1.36. The van der Waals surface area contributed by atoms with Gasteiger partial charge in [0.1, 0.15) is 6.10 Å². The summed E-state index contributed by atoms with van der Waals surface area (Å²) >= 11 is 0. The fourth-order valence-electron chi connectivity index (χ4n) is 6.36. The van der Waals surface area contributed by atoms with E-state index < -0.39 is 52.8 Å². The van der Waals surface area contributed by atoms with E-state index in [0.717, 1.165) is 0 Å². The molecule has 0 heterocycles. The second-order valence-corrected chi connectivity index (χ2v) is 10.4. The molecule has 7 heteroatoms. The number of esters is 2. The number of fused-ring (bicyclic) bond motifs is 2. The summed E-state index contributed by atoms with van der Waals surface area (Å²) in [6.45, 7) is 13.9. The van der Waals surface area contributed by atoms with Crippen LogP contribution in [0.3, 0.4) is 0 Å². The van der Waals surface area contributed by atoms with Gasteiger partial charge < -0.3 is 24.8 Å². The highest BCUT2D eigenvalue weighted by molar-refractivity contribution is 5.68. The van der Waals surface area contributed by atoms with Crippen LogP contribution >= 0.6 is 0 Å². The third-order valence-corrected chi connectivity index (χ3v) is 8.13. The van der Waals surface area contributed by atoms with Crippen LogP contribution in [0.2, 0.25) is 0 Å². The van der Waals surface area contributed by atoms with E-state index in [4.69, 9.17) is 9.47 Å². The van der Waals surface area contributed by atoms with Crippen LogP contribution in [-0.4, -0.2) is 57.3 Å². The molecule has 174 valence electrons. The van der Waals surface area contributed by atoms with Crippen LogP contribution in [0.5, 0.6) is 0 Å². The molecule has 31 heavy (non-hydrogen) atoms. The molecule has 0 aromatic rings. The normalized spacial score (nSPS) is 40.7. The van der Waals surface area contributed by atoms with E-state index in [-0.39, 0.29) is 12.3 Å². The summed E-state index contributed by atoms with van der Waals surface area (Å²) in [5, 5.41) is 32.9. The lowest BCUT2D eigenvalue weighted by Gasteiger charge is -2.50. The van der Waals surface area contributed by atoms with Gasteiger partial charge in [-0.25, -0.2) is 0 Å². The summed E-state index contributed by atoms with van der Waals surface area (Å²) in [6.07, 6.45) is -1.72. The first-order valence-electron chi connectivity index (χ1n) is 11.0. The van der Waals surface area contributed by atoms with Crippen molar-refractivity contribution in [2.24, 2.45) is 16.7 Å². The molecular formula is C24H36O7. The molecule has 0 spiro atoms. The zero-order chi connectivity index (χ0) is 23.5. The summed E-state index contributed by atoms with van der Waals surface area (Å²) in [4.78, 5) is 24.4. The van der Waals surface area contributed by atoms with E-state index in [1.807, 2.05) is 6.92 Å². The predicted octanol–water partition coefficient (Wildman–Crippen LogP) is 2.43. The maximum atomic E-state index is 12.2. The Balaban J connectivity index is 2.35. The van der Waals surface area contributed by atoms with Crippen LogP contribution in [0, 0.1) is 16.7 Å². The van der Waals surface area contributed by atoms with Gasteiger partial charge >= 0.3 is 11.9 Å². The molecule has 2 saturated carbocycles. The minimum atomic E-state index is -1.28. The third kappa shape index (κ3) is 3.64. The summed E-state index contributed by atoms with van der Waals surface area (Å²) < 4.78 is 11.7. The van der Waals surface area contributed by atoms with Crippen molar-refractivity contribution in [3.8, 4) is 0 Å². The number of ether oxygens (including phenoxy) is 2. The van der Waals surface area contributed by atoms with E-state index in [2.05, 4.69) is 6.58 Å². The topological polar surface area (TPSA) is 113 Å². The molecule has 3 rings (SSSR count). The Hall–Kier alpha value is -1.70. The summed E-state index contributed by atoms with van der Waals surface area (Å²) in [7, 11) is 0.